The largest absolute Gasteiger partial charge is 0.348 e. The number of nitrogens with one attached hydrogen (secondary N) is 1. The minimum absolute atomic E-state index is 0.0439. The van der Waals surface area contributed by atoms with Gasteiger partial charge in [-0.25, -0.2) is 9.78 Å². The van der Waals surface area contributed by atoms with Gasteiger partial charge in [-0.3, -0.25) is 9.59 Å². The van der Waals surface area contributed by atoms with Crippen LogP contribution in [0.5, 0.6) is 0 Å². The summed E-state index contributed by atoms with van der Waals surface area (Å²) < 4.78 is 0. The van der Waals surface area contributed by atoms with E-state index in [0.29, 0.717) is 49.0 Å². The Morgan fingerprint density at radius 2 is 1.77 bits per heavy atom. The lowest BCUT2D eigenvalue weighted by Crippen LogP contribution is -2.62. The number of fused-ring (bicyclic) bond motifs is 5. The van der Waals surface area contributed by atoms with Crippen LogP contribution in [0.25, 0.3) is 10.9 Å². The van der Waals surface area contributed by atoms with E-state index in [1.807, 2.05) is 40.1 Å². The highest BCUT2D eigenvalue weighted by Gasteiger charge is 2.45. The summed E-state index contributed by atoms with van der Waals surface area (Å²) in [6.45, 7) is 3.61. The summed E-state index contributed by atoms with van der Waals surface area (Å²) in [5, 5.41) is 4.13. The first-order chi connectivity index (χ1) is 17.0. The maximum atomic E-state index is 13.4. The van der Waals surface area contributed by atoms with Crippen molar-refractivity contribution in [1.29, 1.82) is 0 Å². The Bertz CT molecular complexity index is 1140. The third-order valence-corrected chi connectivity index (χ3v) is 8.38. The summed E-state index contributed by atoms with van der Waals surface area (Å²) in [6, 6.07) is 11.9. The maximum absolute atomic E-state index is 13.4. The number of para-hydroxylation sites is 1. The molecule has 4 saturated heterocycles. The number of rotatable bonds is 2. The smallest absolute Gasteiger partial charge is 0.320 e. The summed E-state index contributed by atoms with van der Waals surface area (Å²) in [5.74, 6) is 0.943. The van der Waals surface area contributed by atoms with E-state index in [0.717, 1.165) is 62.6 Å². The van der Waals surface area contributed by atoms with Crippen molar-refractivity contribution in [1.82, 2.24) is 25.0 Å². The third-order valence-electron chi connectivity index (χ3n) is 8.38. The second-order valence-electron chi connectivity index (χ2n) is 10.7. The fourth-order valence-corrected chi connectivity index (χ4v) is 6.63. The lowest BCUT2D eigenvalue weighted by Gasteiger charge is -2.53. The summed E-state index contributed by atoms with van der Waals surface area (Å²) >= 11 is 0. The van der Waals surface area contributed by atoms with E-state index in [9.17, 15) is 14.4 Å². The number of urea groups is 1. The average molecular weight is 476 g/mol. The van der Waals surface area contributed by atoms with Gasteiger partial charge in [0.05, 0.1) is 5.52 Å². The number of amides is 4. The molecule has 0 unspecified atom stereocenters. The molecule has 2 aromatic rings. The van der Waals surface area contributed by atoms with Crippen molar-refractivity contribution in [2.75, 3.05) is 32.7 Å². The molecule has 2 bridgehead atoms. The van der Waals surface area contributed by atoms with Crippen molar-refractivity contribution >= 4 is 28.7 Å². The van der Waals surface area contributed by atoms with Crippen LogP contribution < -0.4 is 5.32 Å². The SMILES string of the molecule is O=C(NC1CCN(C(=O)N2C[C@H]3C[C@H](C2)[C@H]2CCCC(=O)N2C3)CC1)c1ccc2ccccc2n1. The van der Waals surface area contributed by atoms with Gasteiger partial charge in [0.25, 0.3) is 5.91 Å². The highest BCUT2D eigenvalue weighted by molar-refractivity contribution is 5.95. The van der Waals surface area contributed by atoms with Crippen molar-refractivity contribution in [2.24, 2.45) is 11.8 Å². The van der Waals surface area contributed by atoms with Crippen molar-refractivity contribution < 1.29 is 14.4 Å². The second-order valence-corrected chi connectivity index (χ2v) is 10.7. The number of nitrogens with zero attached hydrogens (tertiary/aromatic N) is 4. The van der Waals surface area contributed by atoms with Crippen LogP contribution in [0.2, 0.25) is 0 Å². The second kappa shape index (κ2) is 9.13. The van der Waals surface area contributed by atoms with E-state index >= 15 is 0 Å². The molecule has 8 nitrogen and oxygen atoms in total. The van der Waals surface area contributed by atoms with Gasteiger partial charge in [0, 0.05) is 56.6 Å². The highest BCUT2D eigenvalue weighted by Crippen LogP contribution is 2.38. The fourth-order valence-electron chi connectivity index (χ4n) is 6.63. The van der Waals surface area contributed by atoms with Crippen LogP contribution in [-0.4, -0.2) is 82.3 Å². The Kier molecular flexibility index (Phi) is 5.82. The van der Waals surface area contributed by atoms with Crippen LogP contribution in [0.3, 0.4) is 0 Å². The van der Waals surface area contributed by atoms with E-state index < -0.39 is 0 Å². The topological polar surface area (TPSA) is 85.8 Å². The maximum Gasteiger partial charge on any atom is 0.320 e. The van der Waals surface area contributed by atoms with Gasteiger partial charge in [-0.15, -0.1) is 0 Å². The Morgan fingerprint density at radius 3 is 2.63 bits per heavy atom. The molecule has 4 fully saturated rings. The van der Waals surface area contributed by atoms with Gasteiger partial charge >= 0.3 is 6.03 Å². The molecule has 3 atom stereocenters. The quantitative estimate of drug-likeness (QED) is 0.724. The van der Waals surface area contributed by atoms with E-state index in [4.69, 9.17) is 0 Å². The highest BCUT2D eigenvalue weighted by atomic mass is 16.2. The van der Waals surface area contributed by atoms with E-state index in [2.05, 4.69) is 15.2 Å². The van der Waals surface area contributed by atoms with E-state index in [-0.39, 0.29) is 18.0 Å². The zero-order valence-corrected chi connectivity index (χ0v) is 20.1. The monoisotopic (exact) mass is 475 g/mol. The third kappa shape index (κ3) is 4.34. The molecule has 0 aliphatic carbocycles. The minimum Gasteiger partial charge on any atom is -0.348 e. The first kappa shape index (κ1) is 22.3. The lowest BCUT2D eigenvalue weighted by atomic mass is 9.76. The zero-order chi connectivity index (χ0) is 23.9. The van der Waals surface area contributed by atoms with Crippen molar-refractivity contribution in [2.45, 2.75) is 50.6 Å². The van der Waals surface area contributed by atoms with Gasteiger partial charge in [-0.2, -0.15) is 0 Å². The number of benzene rings is 1. The number of likely N-dealkylation sites (tertiary alicyclic amines) is 2. The molecular formula is C27H33N5O3. The molecule has 8 heteroatoms. The number of hydrogen-bond acceptors (Lipinski definition) is 4. The van der Waals surface area contributed by atoms with Crippen LogP contribution in [0.15, 0.2) is 36.4 Å². The molecule has 0 saturated carbocycles. The zero-order valence-electron chi connectivity index (χ0n) is 20.1. The standard InChI is InChI=1S/C27H33N5O3/c33-25-7-3-6-24-20-14-18(16-32(24)25)15-31(17-20)27(35)30-12-10-21(11-13-30)28-26(34)23-9-8-19-4-1-2-5-22(19)29-23/h1-2,4-5,8-9,18,20-21,24H,3,6-7,10-17H2,(H,28,34)/t18-,20-,24-/m1/s1. The molecule has 4 aliphatic rings. The molecule has 0 spiro atoms. The van der Waals surface area contributed by atoms with Crippen LogP contribution in [-0.2, 0) is 4.79 Å². The summed E-state index contributed by atoms with van der Waals surface area (Å²) in [5.41, 5.74) is 1.24. The Balaban J connectivity index is 1.03. The molecule has 0 radical (unpaired) electrons. The van der Waals surface area contributed by atoms with Crippen LogP contribution in [0.4, 0.5) is 4.79 Å². The molecule has 184 valence electrons. The molecule has 1 N–H and O–H groups in total. The molecule has 5 heterocycles. The summed E-state index contributed by atoms with van der Waals surface area (Å²) in [4.78, 5) is 49.1. The van der Waals surface area contributed by atoms with Gasteiger partial charge < -0.3 is 20.0 Å². The lowest BCUT2D eigenvalue weighted by molar-refractivity contribution is -0.144. The number of carbonyl (C=O) groups is 3. The number of carbonyl (C=O) groups excluding carboxylic acids is 3. The fraction of sp³-hybridized carbons (Fsp3) is 0.556. The molecule has 6 rings (SSSR count). The number of aromatic nitrogens is 1. The van der Waals surface area contributed by atoms with Gasteiger partial charge in [0.15, 0.2) is 0 Å². The van der Waals surface area contributed by atoms with Crippen molar-refractivity contribution in [3.8, 4) is 0 Å². The van der Waals surface area contributed by atoms with E-state index in [1.165, 1.54) is 0 Å². The predicted molar refractivity (Wildman–Crippen MR) is 132 cm³/mol. The van der Waals surface area contributed by atoms with Crippen LogP contribution >= 0.6 is 0 Å². The molecule has 1 aromatic carbocycles. The van der Waals surface area contributed by atoms with Crippen molar-refractivity contribution in [3.05, 3.63) is 42.1 Å². The first-order valence-corrected chi connectivity index (χ1v) is 13.0. The first-order valence-electron chi connectivity index (χ1n) is 13.0. The predicted octanol–water partition coefficient (Wildman–Crippen LogP) is 2.88. The molecule has 4 aliphatic heterocycles. The van der Waals surface area contributed by atoms with Crippen LogP contribution in [0.1, 0.15) is 49.0 Å². The van der Waals surface area contributed by atoms with Gasteiger partial charge in [0.2, 0.25) is 5.91 Å². The Hall–Kier alpha value is -3.16. The number of pyridine rings is 1. The Morgan fingerprint density at radius 1 is 0.943 bits per heavy atom. The van der Waals surface area contributed by atoms with Gasteiger partial charge in [-0.05, 0) is 56.1 Å². The van der Waals surface area contributed by atoms with E-state index in [1.54, 1.807) is 6.07 Å². The Labute approximate surface area is 205 Å². The summed E-state index contributed by atoms with van der Waals surface area (Å²) in [6.07, 6.45) is 5.36. The average Bonchev–Trinajstić information content (AvgIpc) is 2.89. The van der Waals surface area contributed by atoms with Crippen LogP contribution in [0, 0.1) is 11.8 Å². The number of hydrogen-bond donors (Lipinski definition) is 1. The molecular weight excluding hydrogens is 442 g/mol. The van der Waals surface area contributed by atoms with Gasteiger partial charge in [-0.1, -0.05) is 24.3 Å². The molecule has 4 amide bonds. The summed E-state index contributed by atoms with van der Waals surface area (Å²) in [7, 11) is 0. The molecule has 35 heavy (non-hydrogen) atoms. The number of piperidine rings is 4. The normalized spacial score (nSPS) is 27.0. The van der Waals surface area contributed by atoms with Crippen molar-refractivity contribution in [3.63, 3.8) is 0 Å². The molecule has 1 aromatic heterocycles. The minimum atomic E-state index is -0.157. The van der Waals surface area contributed by atoms with Gasteiger partial charge in [0.1, 0.15) is 5.69 Å².